The summed E-state index contributed by atoms with van der Waals surface area (Å²) in [4.78, 5) is 15.7. The molecule has 3 aromatic carbocycles. The number of ether oxygens (including phenoxy) is 2. The van der Waals surface area contributed by atoms with Crippen LogP contribution in [-0.4, -0.2) is 29.4 Å². The number of hydrogen-bond acceptors (Lipinski definition) is 4. The van der Waals surface area contributed by atoms with E-state index in [1.807, 2.05) is 24.3 Å². The van der Waals surface area contributed by atoms with Gasteiger partial charge in [0.2, 0.25) is 0 Å². The molecule has 4 nitrogen and oxygen atoms in total. The standard InChI is InChI=1S/C30H27NO3/c32-25-13-12-23-24-17-22-11-14-26(33-19-21-9-5-2-6-10-21)28-27(22)30(23,29(25)34-28)15-16-31(24)18-20-7-3-1-4-8-20/h1-14,23-24,29H,15-19H2/t23-,24+,29-,30-/m0/s1. The van der Waals surface area contributed by atoms with Gasteiger partial charge in [-0.3, -0.25) is 9.69 Å². The second-order valence-electron chi connectivity index (χ2n) is 10.0. The molecule has 3 aromatic rings. The van der Waals surface area contributed by atoms with Crippen LogP contribution in [0.15, 0.2) is 84.9 Å². The zero-order chi connectivity index (χ0) is 22.7. The SMILES string of the molecule is O=C1C=C[C@H]2[C@H]3Cc4ccc(OCc5ccccc5)c5c4[C@@]2(CCN3Cc2ccccc2)[C@H]1O5. The number of benzene rings is 3. The molecule has 4 aliphatic rings. The van der Waals surface area contributed by atoms with E-state index in [0.29, 0.717) is 12.6 Å². The molecule has 2 aliphatic heterocycles. The second kappa shape index (κ2) is 7.57. The molecule has 4 atom stereocenters. The number of ketones is 1. The van der Waals surface area contributed by atoms with Gasteiger partial charge >= 0.3 is 0 Å². The molecular formula is C30H27NO3. The molecule has 170 valence electrons. The van der Waals surface area contributed by atoms with Crippen molar-refractivity contribution >= 4 is 5.78 Å². The van der Waals surface area contributed by atoms with Crippen molar-refractivity contribution in [3.63, 3.8) is 0 Å². The molecular weight excluding hydrogens is 422 g/mol. The molecule has 1 saturated heterocycles. The third kappa shape index (κ3) is 2.85. The monoisotopic (exact) mass is 449 g/mol. The highest BCUT2D eigenvalue weighted by molar-refractivity contribution is 5.98. The van der Waals surface area contributed by atoms with E-state index < -0.39 is 6.10 Å². The van der Waals surface area contributed by atoms with Gasteiger partial charge in [0.15, 0.2) is 23.4 Å². The number of carbonyl (C=O) groups is 1. The lowest BCUT2D eigenvalue weighted by molar-refractivity contribution is -0.127. The van der Waals surface area contributed by atoms with Crippen LogP contribution in [0.1, 0.15) is 28.7 Å². The highest BCUT2D eigenvalue weighted by atomic mass is 16.5. The lowest BCUT2D eigenvalue weighted by atomic mass is 9.53. The van der Waals surface area contributed by atoms with Gasteiger partial charge < -0.3 is 9.47 Å². The molecule has 0 aromatic heterocycles. The Hall–Kier alpha value is -3.37. The smallest absolute Gasteiger partial charge is 0.196 e. The molecule has 4 heteroatoms. The molecule has 7 rings (SSSR count). The van der Waals surface area contributed by atoms with Crippen molar-refractivity contribution in [2.24, 2.45) is 5.92 Å². The van der Waals surface area contributed by atoms with Gasteiger partial charge in [-0.25, -0.2) is 0 Å². The highest BCUT2D eigenvalue weighted by Gasteiger charge is 2.64. The first-order valence-corrected chi connectivity index (χ1v) is 12.2. The Morgan fingerprint density at radius 1 is 0.971 bits per heavy atom. The van der Waals surface area contributed by atoms with Crippen LogP contribution < -0.4 is 9.47 Å². The molecule has 0 radical (unpaired) electrons. The Labute approximate surface area is 199 Å². The maximum atomic E-state index is 13.1. The van der Waals surface area contributed by atoms with Crippen molar-refractivity contribution in [3.05, 3.63) is 107 Å². The van der Waals surface area contributed by atoms with Crippen LogP contribution in [0.5, 0.6) is 11.5 Å². The van der Waals surface area contributed by atoms with Gasteiger partial charge in [-0.05, 0) is 48.2 Å². The summed E-state index contributed by atoms with van der Waals surface area (Å²) in [6.07, 6.45) is 5.39. The van der Waals surface area contributed by atoms with Crippen LogP contribution in [-0.2, 0) is 29.8 Å². The summed E-state index contributed by atoms with van der Waals surface area (Å²) in [6, 6.07) is 25.5. The van der Waals surface area contributed by atoms with Crippen molar-refractivity contribution in [1.82, 2.24) is 4.90 Å². The van der Waals surface area contributed by atoms with Gasteiger partial charge in [0, 0.05) is 24.1 Å². The number of hydrogen-bond donors (Lipinski definition) is 0. The Bertz CT molecular complexity index is 1290. The minimum Gasteiger partial charge on any atom is -0.485 e. The van der Waals surface area contributed by atoms with Crippen LogP contribution in [0.3, 0.4) is 0 Å². The van der Waals surface area contributed by atoms with Crippen LogP contribution in [0.4, 0.5) is 0 Å². The Balaban J connectivity index is 1.28. The summed E-state index contributed by atoms with van der Waals surface area (Å²) in [7, 11) is 0. The molecule has 0 unspecified atom stereocenters. The van der Waals surface area contributed by atoms with Crippen LogP contribution in [0, 0.1) is 5.92 Å². The molecule has 2 heterocycles. The number of carbonyl (C=O) groups excluding carboxylic acids is 1. The second-order valence-corrected chi connectivity index (χ2v) is 10.0. The van der Waals surface area contributed by atoms with Crippen molar-refractivity contribution in [3.8, 4) is 11.5 Å². The number of nitrogens with zero attached hydrogens (tertiary/aromatic N) is 1. The quantitative estimate of drug-likeness (QED) is 0.558. The fourth-order valence-electron chi connectivity index (χ4n) is 6.83. The molecule has 0 amide bonds. The number of rotatable bonds is 5. The fraction of sp³-hybridized carbons (Fsp3) is 0.300. The molecule has 2 bridgehead atoms. The molecule has 34 heavy (non-hydrogen) atoms. The lowest BCUT2D eigenvalue weighted by Crippen LogP contribution is -2.64. The van der Waals surface area contributed by atoms with Crippen molar-refractivity contribution in [2.75, 3.05) is 6.54 Å². The van der Waals surface area contributed by atoms with Crippen molar-refractivity contribution in [1.29, 1.82) is 0 Å². The predicted molar refractivity (Wildman–Crippen MR) is 130 cm³/mol. The van der Waals surface area contributed by atoms with Gasteiger partial charge in [-0.1, -0.05) is 72.8 Å². The third-order valence-electron chi connectivity index (χ3n) is 8.29. The van der Waals surface area contributed by atoms with Gasteiger partial charge in [0.1, 0.15) is 6.61 Å². The molecule has 0 N–H and O–H groups in total. The fourth-order valence-corrected chi connectivity index (χ4v) is 6.83. The molecule has 1 spiro atoms. The average molecular weight is 450 g/mol. The van der Waals surface area contributed by atoms with Gasteiger partial charge in [-0.15, -0.1) is 0 Å². The Morgan fingerprint density at radius 3 is 2.53 bits per heavy atom. The van der Waals surface area contributed by atoms with Crippen LogP contribution >= 0.6 is 0 Å². The zero-order valence-electron chi connectivity index (χ0n) is 19.0. The summed E-state index contributed by atoms with van der Waals surface area (Å²) < 4.78 is 12.8. The maximum Gasteiger partial charge on any atom is 0.196 e. The van der Waals surface area contributed by atoms with Gasteiger partial charge in [-0.2, -0.15) is 0 Å². The van der Waals surface area contributed by atoms with E-state index in [4.69, 9.17) is 9.47 Å². The number of piperidine rings is 1. The minimum atomic E-state index is -0.445. The summed E-state index contributed by atoms with van der Waals surface area (Å²) >= 11 is 0. The summed E-state index contributed by atoms with van der Waals surface area (Å²) in [5.41, 5.74) is 4.72. The Kier molecular flexibility index (Phi) is 4.46. The maximum absolute atomic E-state index is 13.1. The lowest BCUT2D eigenvalue weighted by Gasteiger charge is -2.56. The first kappa shape index (κ1) is 20.0. The average Bonchev–Trinajstić information content (AvgIpc) is 3.23. The number of likely N-dealkylation sites (tertiary alicyclic amines) is 1. The first-order chi connectivity index (χ1) is 16.7. The zero-order valence-corrected chi connectivity index (χ0v) is 19.0. The van der Waals surface area contributed by atoms with E-state index in [1.54, 1.807) is 6.08 Å². The summed E-state index contributed by atoms with van der Waals surface area (Å²) in [5, 5.41) is 0. The summed E-state index contributed by atoms with van der Waals surface area (Å²) in [5.74, 6) is 1.91. The topological polar surface area (TPSA) is 38.8 Å². The normalized spacial score (nSPS) is 28.4. The van der Waals surface area contributed by atoms with E-state index >= 15 is 0 Å². The van der Waals surface area contributed by atoms with E-state index in [9.17, 15) is 4.79 Å². The summed E-state index contributed by atoms with van der Waals surface area (Å²) in [6.45, 7) is 2.38. The minimum absolute atomic E-state index is 0.0876. The van der Waals surface area contributed by atoms with Gasteiger partial charge in [0.05, 0.1) is 5.41 Å². The van der Waals surface area contributed by atoms with E-state index in [-0.39, 0.29) is 17.1 Å². The van der Waals surface area contributed by atoms with E-state index in [1.165, 1.54) is 16.7 Å². The first-order valence-electron chi connectivity index (χ1n) is 12.2. The molecule has 1 fully saturated rings. The van der Waals surface area contributed by atoms with Crippen LogP contribution in [0.25, 0.3) is 0 Å². The Morgan fingerprint density at radius 2 is 1.74 bits per heavy atom. The highest BCUT2D eigenvalue weighted by Crippen LogP contribution is 2.62. The van der Waals surface area contributed by atoms with E-state index in [0.717, 1.165) is 43.0 Å². The van der Waals surface area contributed by atoms with Gasteiger partial charge in [0.25, 0.3) is 0 Å². The largest absolute Gasteiger partial charge is 0.485 e. The predicted octanol–water partition coefficient (Wildman–Crippen LogP) is 4.85. The van der Waals surface area contributed by atoms with E-state index in [2.05, 4.69) is 59.5 Å². The third-order valence-corrected chi connectivity index (χ3v) is 8.29. The van der Waals surface area contributed by atoms with Crippen LogP contribution in [0.2, 0.25) is 0 Å². The molecule has 2 aliphatic carbocycles. The molecule has 0 saturated carbocycles. The van der Waals surface area contributed by atoms with Crippen molar-refractivity contribution in [2.45, 2.75) is 43.6 Å². The van der Waals surface area contributed by atoms with Crippen molar-refractivity contribution < 1.29 is 14.3 Å².